The van der Waals surface area contributed by atoms with Gasteiger partial charge < -0.3 is 5.21 Å². The maximum Gasteiger partial charge on any atom is 0.0669 e. The topological polar surface area (TPSA) is 32.6 Å². The van der Waals surface area contributed by atoms with Crippen molar-refractivity contribution in [3.63, 3.8) is 0 Å². The van der Waals surface area contributed by atoms with E-state index in [1.165, 1.54) is 12.2 Å². The third kappa shape index (κ3) is 1.40. The van der Waals surface area contributed by atoms with Gasteiger partial charge in [-0.2, -0.15) is 11.8 Å². The summed E-state index contributed by atoms with van der Waals surface area (Å²) in [6, 6.07) is 0. The second-order valence-corrected chi connectivity index (χ2v) is 2.93. The van der Waals surface area contributed by atoms with Gasteiger partial charge in [-0.1, -0.05) is 5.16 Å². The van der Waals surface area contributed by atoms with E-state index in [9.17, 15) is 0 Å². The van der Waals surface area contributed by atoms with E-state index in [0.717, 1.165) is 17.9 Å². The molecule has 2 nitrogen and oxygen atoms in total. The highest BCUT2D eigenvalue weighted by molar-refractivity contribution is 8.00. The van der Waals surface area contributed by atoms with Crippen molar-refractivity contribution in [3.8, 4) is 0 Å². The van der Waals surface area contributed by atoms with Crippen LogP contribution in [0.25, 0.3) is 0 Å². The summed E-state index contributed by atoms with van der Waals surface area (Å²) in [5.41, 5.74) is 0.946. The molecule has 0 aromatic rings. The number of oxime groups is 1. The van der Waals surface area contributed by atoms with E-state index in [-0.39, 0.29) is 0 Å². The van der Waals surface area contributed by atoms with Gasteiger partial charge in [-0.25, -0.2) is 0 Å². The number of thioether (sulfide) groups is 1. The van der Waals surface area contributed by atoms with Crippen LogP contribution in [0.2, 0.25) is 0 Å². The lowest BCUT2D eigenvalue weighted by molar-refractivity contribution is 0.317. The van der Waals surface area contributed by atoms with Crippen molar-refractivity contribution in [1.29, 1.82) is 0 Å². The van der Waals surface area contributed by atoms with Gasteiger partial charge in [0.05, 0.1) is 5.71 Å². The van der Waals surface area contributed by atoms with Crippen LogP contribution >= 0.6 is 11.8 Å². The molecular weight excluding hydrogens is 122 g/mol. The molecule has 0 aromatic carbocycles. The number of hydrogen-bond acceptors (Lipinski definition) is 3. The van der Waals surface area contributed by atoms with Crippen LogP contribution in [0.15, 0.2) is 5.16 Å². The van der Waals surface area contributed by atoms with Crippen molar-refractivity contribution in [3.05, 3.63) is 0 Å². The van der Waals surface area contributed by atoms with E-state index in [1.807, 2.05) is 11.8 Å². The molecule has 0 unspecified atom stereocenters. The van der Waals surface area contributed by atoms with E-state index in [2.05, 4.69) is 5.16 Å². The molecule has 0 aliphatic carbocycles. The summed E-state index contributed by atoms with van der Waals surface area (Å²) in [6.07, 6.45) is 2.16. The molecule has 1 rings (SSSR count). The summed E-state index contributed by atoms with van der Waals surface area (Å²) < 4.78 is 0. The van der Waals surface area contributed by atoms with Crippen molar-refractivity contribution in [2.24, 2.45) is 5.16 Å². The molecule has 1 aliphatic rings. The van der Waals surface area contributed by atoms with Crippen LogP contribution < -0.4 is 0 Å². The minimum absolute atomic E-state index is 0.927. The Morgan fingerprint density at radius 2 is 2.50 bits per heavy atom. The predicted octanol–water partition coefficient (Wildman–Crippen LogP) is 1.34. The van der Waals surface area contributed by atoms with Crippen LogP contribution in [0.5, 0.6) is 0 Å². The molecule has 1 saturated heterocycles. The van der Waals surface area contributed by atoms with Crippen LogP contribution in [0.4, 0.5) is 0 Å². The fourth-order valence-corrected chi connectivity index (χ4v) is 1.65. The van der Waals surface area contributed by atoms with Crippen LogP contribution in [0.3, 0.4) is 0 Å². The normalized spacial score (nSPS) is 26.2. The fraction of sp³-hybridized carbons (Fsp3) is 0.800. The van der Waals surface area contributed by atoms with E-state index >= 15 is 0 Å². The van der Waals surface area contributed by atoms with Crippen LogP contribution in [0, 0.1) is 0 Å². The Labute approximate surface area is 53.0 Å². The molecule has 46 valence electrons. The monoisotopic (exact) mass is 131 g/mol. The molecule has 0 radical (unpaired) electrons. The zero-order valence-corrected chi connectivity index (χ0v) is 5.45. The average Bonchev–Trinajstić information content (AvgIpc) is 1.90. The van der Waals surface area contributed by atoms with Gasteiger partial charge in [0.15, 0.2) is 0 Å². The molecule has 0 spiro atoms. The van der Waals surface area contributed by atoms with Gasteiger partial charge in [-0.15, -0.1) is 0 Å². The summed E-state index contributed by atoms with van der Waals surface area (Å²) in [5.74, 6) is 2.15. The maximum atomic E-state index is 8.27. The van der Waals surface area contributed by atoms with E-state index in [1.54, 1.807) is 0 Å². The van der Waals surface area contributed by atoms with Crippen molar-refractivity contribution in [2.45, 2.75) is 12.8 Å². The Hall–Kier alpha value is -0.180. The largest absolute Gasteiger partial charge is 0.411 e. The molecule has 0 amide bonds. The van der Waals surface area contributed by atoms with E-state index < -0.39 is 0 Å². The van der Waals surface area contributed by atoms with Crippen LogP contribution in [0.1, 0.15) is 12.8 Å². The SMILES string of the molecule is O/N=C1/CCCSC1. The lowest BCUT2D eigenvalue weighted by Gasteiger charge is -2.08. The van der Waals surface area contributed by atoms with Crippen molar-refractivity contribution in [2.75, 3.05) is 11.5 Å². The summed E-state index contributed by atoms with van der Waals surface area (Å²) in [7, 11) is 0. The third-order valence-electron chi connectivity index (χ3n) is 1.16. The molecule has 0 aromatic heterocycles. The summed E-state index contributed by atoms with van der Waals surface area (Å²) in [5, 5.41) is 11.4. The first kappa shape index (κ1) is 5.95. The van der Waals surface area contributed by atoms with Gasteiger partial charge in [0.1, 0.15) is 0 Å². The number of hydrogen-bond donors (Lipinski definition) is 1. The molecule has 0 atom stereocenters. The Kier molecular flexibility index (Phi) is 2.21. The maximum absolute atomic E-state index is 8.27. The molecule has 8 heavy (non-hydrogen) atoms. The zero-order chi connectivity index (χ0) is 5.82. The summed E-state index contributed by atoms with van der Waals surface area (Å²) in [6.45, 7) is 0. The van der Waals surface area contributed by atoms with Crippen molar-refractivity contribution in [1.82, 2.24) is 0 Å². The molecule has 0 bridgehead atoms. The van der Waals surface area contributed by atoms with E-state index in [4.69, 9.17) is 5.21 Å². The standard InChI is InChI=1S/C5H9NOS/c7-6-5-2-1-3-8-4-5/h7H,1-4H2/b6-5-. The van der Waals surface area contributed by atoms with E-state index in [0.29, 0.717) is 0 Å². The summed E-state index contributed by atoms with van der Waals surface area (Å²) >= 11 is 1.84. The van der Waals surface area contributed by atoms with Crippen LogP contribution in [-0.2, 0) is 0 Å². The lowest BCUT2D eigenvalue weighted by Crippen LogP contribution is -2.08. The van der Waals surface area contributed by atoms with Gasteiger partial charge in [-0.05, 0) is 18.6 Å². The highest BCUT2D eigenvalue weighted by Crippen LogP contribution is 2.13. The number of rotatable bonds is 0. The zero-order valence-electron chi connectivity index (χ0n) is 4.63. The summed E-state index contributed by atoms with van der Waals surface area (Å²) in [4.78, 5) is 0. The first-order valence-electron chi connectivity index (χ1n) is 2.71. The lowest BCUT2D eigenvalue weighted by atomic mass is 10.2. The Bertz CT molecular complexity index is 94.6. The molecule has 1 N–H and O–H groups in total. The molecule has 1 aliphatic heterocycles. The molecular formula is C5H9NOS. The smallest absolute Gasteiger partial charge is 0.0669 e. The minimum atomic E-state index is 0.927. The second kappa shape index (κ2) is 2.97. The van der Waals surface area contributed by atoms with Gasteiger partial charge >= 0.3 is 0 Å². The molecule has 1 heterocycles. The molecule has 1 fully saturated rings. The Balaban J connectivity index is 2.33. The predicted molar refractivity (Wildman–Crippen MR) is 35.8 cm³/mol. The highest BCUT2D eigenvalue weighted by atomic mass is 32.2. The fourth-order valence-electron chi connectivity index (χ4n) is 0.719. The quantitative estimate of drug-likeness (QED) is 0.397. The first-order valence-corrected chi connectivity index (χ1v) is 3.86. The van der Waals surface area contributed by atoms with Gasteiger partial charge in [0.2, 0.25) is 0 Å². The Morgan fingerprint density at radius 1 is 1.62 bits per heavy atom. The number of nitrogens with zero attached hydrogens (tertiary/aromatic N) is 1. The first-order chi connectivity index (χ1) is 3.93. The Morgan fingerprint density at radius 3 is 2.88 bits per heavy atom. The highest BCUT2D eigenvalue weighted by Gasteiger charge is 2.05. The minimum Gasteiger partial charge on any atom is -0.411 e. The van der Waals surface area contributed by atoms with Crippen LogP contribution in [-0.4, -0.2) is 22.4 Å². The van der Waals surface area contributed by atoms with Gasteiger partial charge in [-0.3, -0.25) is 0 Å². The molecule has 0 saturated carbocycles. The van der Waals surface area contributed by atoms with Gasteiger partial charge in [0, 0.05) is 5.75 Å². The second-order valence-electron chi connectivity index (χ2n) is 1.82. The van der Waals surface area contributed by atoms with Crippen molar-refractivity contribution >= 4 is 17.5 Å². The third-order valence-corrected chi connectivity index (χ3v) is 2.28. The van der Waals surface area contributed by atoms with Crippen molar-refractivity contribution < 1.29 is 5.21 Å². The van der Waals surface area contributed by atoms with Gasteiger partial charge in [0.25, 0.3) is 0 Å². The molecule has 3 heteroatoms. The average molecular weight is 131 g/mol.